The molecule has 2 rings (SSSR count). The van der Waals surface area contributed by atoms with E-state index in [1.807, 2.05) is 13.1 Å². The van der Waals surface area contributed by atoms with Crippen LogP contribution in [0, 0.1) is 12.7 Å². The number of benzene rings is 1. The molecular weight excluding hydrogens is 193 g/mol. The first-order chi connectivity index (χ1) is 7.16. The molecular formula is C11H12FN3. The number of hydrogen-bond donors (Lipinski definition) is 1. The molecule has 0 bridgehead atoms. The molecule has 0 saturated heterocycles. The molecule has 4 heteroatoms. The van der Waals surface area contributed by atoms with Gasteiger partial charge in [0.05, 0.1) is 18.4 Å². The van der Waals surface area contributed by atoms with E-state index < -0.39 is 0 Å². The molecule has 0 radical (unpaired) electrons. The highest BCUT2D eigenvalue weighted by Gasteiger charge is 2.06. The SMILES string of the molecule is Cc1cnn(Cc2cccc(N)c2F)c1. The molecule has 0 aliphatic heterocycles. The van der Waals surface area contributed by atoms with Crippen molar-refractivity contribution in [1.29, 1.82) is 0 Å². The second-order valence-electron chi connectivity index (χ2n) is 3.54. The Balaban J connectivity index is 2.28. The Labute approximate surface area is 87.3 Å². The van der Waals surface area contributed by atoms with E-state index in [2.05, 4.69) is 5.10 Å². The minimum Gasteiger partial charge on any atom is -0.396 e. The fourth-order valence-corrected chi connectivity index (χ4v) is 1.45. The van der Waals surface area contributed by atoms with Crippen LogP contribution in [-0.2, 0) is 6.54 Å². The number of rotatable bonds is 2. The predicted molar refractivity (Wildman–Crippen MR) is 56.9 cm³/mol. The normalized spacial score (nSPS) is 10.5. The monoisotopic (exact) mass is 205 g/mol. The van der Waals surface area contributed by atoms with Crippen molar-refractivity contribution in [3.05, 3.63) is 47.5 Å². The van der Waals surface area contributed by atoms with Crippen LogP contribution in [0.3, 0.4) is 0 Å². The summed E-state index contributed by atoms with van der Waals surface area (Å²) in [6.07, 6.45) is 3.60. The van der Waals surface area contributed by atoms with Gasteiger partial charge < -0.3 is 5.73 Å². The highest BCUT2D eigenvalue weighted by atomic mass is 19.1. The van der Waals surface area contributed by atoms with Gasteiger partial charge in [-0.2, -0.15) is 5.10 Å². The van der Waals surface area contributed by atoms with Gasteiger partial charge in [0.15, 0.2) is 5.82 Å². The summed E-state index contributed by atoms with van der Waals surface area (Å²) in [6.45, 7) is 2.35. The van der Waals surface area contributed by atoms with Gasteiger partial charge in [-0.25, -0.2) is 4.39 Å². The molecule has 15 heavy (non-hydrogen) atoms. The Morgan fingerprint density at radius 1 is 1.47 bits per heavy atom. The molecule has 0 fully saturated rings. The van der Waals surface area contributed by atoms with E-state index in [9.17, 15) is 4.39 Å². The first kappa shape index (κ1) is 9.71. The molecule has 0 unspecified atom stereocenters. The summed E-state index contributed by atoms with van der Waals surface area (Å²) in [5.74, 6) is -0.356. The van der Waals surface area contributed by atoms with Crippen molar-refractivity contribution in [3.8, 4) is 0 Å². The van der Waals surface area contributed by atoms with E-state index >= 15 is 0 Å². The standard InChI is InChI=1S/C11H12FN3/c1-8-5-14-15(6-8)7-9-3-2-4-10(13)11(9)12/h2-6H,7,13H2,1H3. The average Bonchev–Trinajstić information content (AvgIpc) is 2.59. The zero-order valence-electron chi connectivity index (χ0n) is 8.44. The Bertz CT molecular complexity index is 476. The second kappa shape index (κ2) is 3.73. The number of aromatic nitrogens is 2. The van der Waals surface area contributed by atoms with Crippen molar-refractivity contribution >= 4 is 5.69 Å². The molecule has 1 heterocycles. The van der Waals surface area contributed by atoms with Gasteiger partial charge in [-0.15, -0.1) is 0 Å². The average molecular weight is 205 g/mol. The lowest BCUT2D eigenvalue weighted by molar-refractivity contribution is 0.589. The number of aryl methyl sites for hydroxylation is 1. The zero-order chi connectivity index (χ0) is 10.8. The molecule has 0 aliphatic carbocycles. The smallest absolute Gasteiger partial charge is 0.151 e. The first-order valence-corrected chi connectivity index (χ1v) is 4.69. The lowest BCUT2D eigenvalue weighted by Gasteiger charge is -2.05. The first-order valence-electron chi connectivity index (χ1n) is 4.69. The Hall–Kier alpha value is -1.84. The largest absolute Gasteiger partial charge is 0.396 e. The van der Waals surface area contributed by atoms with Crippen molar-refractivity contribution in [3.63, 3.8) is 0 Å². The predicted octanol–water partition coefficient (Wildman–Crippen LogP) is 1.96. The van der Waals surface area contributed by atoms with Crippen LogP contribution in [0.2, 0.25) is 0 Å². The molecule has 2 aromatic rings. The molecule has 0 atom stereocenters. The summed E-state index contributed by atoms with van der Waals surface area (Å²) in [5.41, 5.74) is 7.26. The van der Waals surface area contributed by atoms with Crippen LogP contribution >= 0.6 is 0 Å². The van der Waals surface area contributed by atoms with Crippen LogP contribution in [0.5, 0.6) is 0 Å². The van der Waals surface area contributed by atoms with Crippen LogP contribution in [0.25, 0.3) is 0 Å². The number of hydrogen-bond acceptors (Lipinski definition) is 2. The van der Waals surface area contributed by atoms with E-state index in [0.717, 1.165) is 5.56 Å². The third kappa shape index (κ3) is 1.98. The van der Waals surface area contributed by atoms with Crippen molar-refractivity contribution in [2.75, 3.05) is 5.73 Å². The lowest BCUT2D eigenvalue weighted by atomic mass is 10.2. The molecule has 3 nitrogen and oxygen atoms in total. The van der Waals surface area contributed by atoms with Gasteiger partial charge >= 0.3 is 0 Å². The number of nitrogen functional groups attached to an aromatic ring is 1. The van der Waals surface area contributed by atoms with E-state index in [1.54, 1.807) is 29.1 Å². The highest BCUT2D eigenvalue weighted by Crippen LogP contribution is 2.15. The fraction of sp³-hybridized carbons (Fsp3) is 0.182. The quantitative estimate of drug-likeness (QED) is 0.761. The van der Waals surface area contributed by atoms with Gasteiger partial charge in [0.25, 0.3) is 0 Å². The summed E-state index contributed by atoms with van der Waals surface area (Å²) >= 11 is 0. The van der Waals surface area contributed by atoms with E-state index in [-0.39, 0.29) is 11.5 Å². The van der Waals surface area contributed by atoms with Gasteiger partial charge in [-0.05, 0) is 18.6 Å². The Kier molecular flexibility index (Phi) is 2.41. The summed E-state index contributed by atoms with van der Waals surface area (Å²) in [4.78, 5) is 0. The van der Waals surface area contributed by atoms with E-state index in [0.29, 0.717) is 12.1 Å². The van der Waals surface area contributed by atoms with Crippen LogP contribution in [0.15, 0.2) is 30.6 Å². The summed E-state index contributed by atoms with van der Waals surface area (Å²) in [5, 5.41) is 4.09. The summed E-state index contributed by atoms with van der Waals surface area (Å²) in [7, 11) is 0. The van der Waals surface area contributed by atoms with Gasteiger partial charge in [-0.1, -0.05) is 12.1 Å². The molecule has 0 spiro atoms. The van der Waals surface area contributed by atoms with Crippen molar-refractivity contribution in [2.24, 2.45) is 0 Å². The van der Waals surface area contributed by atoms with Gasteiger partial charge in [-0.3, -0.25) is 4.68 Å². The molecule has 0 aliphatic rings. The minimum atomic E-state index is -0.356. The number of nitrogens with two attached hydrogens (primary N) is 1. The molecule has 0 amide bonds. The van der Waals surface area contributed by atoms with E-state index in [4.69, 9.17) is 5.73 Å². The summed E-state index contributed by atoms with van der Waals surface area (Å²) < 4.78 is 15.2. The van der Waals surface area contributed by atoms with Crippen LogP contribution in [-0.4, -0.2) is 9.78 Å². The van der Waals surface area contributed by atoms with Crippen molar-refractivity contribution < 1.29 is 4.39 Å². The maximum Gasteiger partial charge on any atom is 0.151 e. The molecule has 2 N–H and O–H groups in total. The highest BCUT2D eigenvalue weighted by molar-refractivity contribution is 5.42. The Morgan fingerprint density at radius 2 is 2.27 bits per heavy atom. The van der Waals surface area contributed by atoms with Gasteiger partial charge in [0.1, 0.15) is 0 Å². The zero-order valence-corrected chi connectivity index (χ0v) is 8.44. The minimum absolute atomic E-state index is 0.177. The fourth-order valence-electron chi connectivity index (χ4n) is 1.45. The molecule has 1 aromatic carbocycles. The van der Waals surface area contributed by atoms with E-state index in [1.165, 1.54) is 0 Å². The number of halogens is 1. The van der Waals surface area contributed by atoms with Crippen molar-refractivity contribution in [2.45, 2.75) is 13.5 Å². The third-order valence-corrected chi connectivity index (χ3v) is 2.20. The van der Waals surface area contributed by atoms with Gasteiger partial charge in [0, 0.05) is 11.8 Å². The van der Waals surface area contributed by atoms with Crippen LogP contribution in [0.1, 0.15) is 11.1 Å². The maximum absolute atomic E-state index is 13.5. The van der Waals surface area contributed by atoms with Crippen LogP contribution < -0.4 is 5.73 Å². The lowest BCUT2D eigenvalue weighted by Crippen LogP contribution is -2.04. The van der Waals surface area contributed by atoms with Gasteiger partial charge in [0.2, 0.25) is 0 Å². The summed E-state index contributed by atoms with van der Waals surface area (Å²) in [6, 6.07) is 5.00. The molecule has 78 valence electrons. The Morgan fingerprint density at radius 3 is 2.93 bits per heavy atom. The third-order valence-electron chi connectivity index (χ3n) is 2.20. The number of nitrogens with zero attached hydrogens (tertiary/aromatic N) is 2. The van der Waals surface area contributed by atoms with Crippen molar-refractivity contribution in [1.82, 2.24) is 9.78 Å². The maximum atomic E-state index is 13.5. The molecule has 0 saturated carbocycles. The molecule has 1 aromatic heterocycles. The number of anilines is 1. The topological polar surface area (TPSA) is 43.8 Å². The second-order valence-corrected chi connectivity index (χ2v) is 3.54. The van der Waals surface area contributed by atoms with Crippen LogP contribution in [0.4, 0.5) is 10.1 Å².